The van der Waals surface area contributed by atoms with Crippen molar-refractivity contribution in [1.29, 1.82) is 0 Å². The Kier molecular flexibility index (Phi) is 21.9. The minimum absolute atomic E-state index is 0.102. The molecule has 1 amide bonds. The number of nitrogens with two attached hydrogens (primary N) is 1. The third-order valence-corrected chi connectivity index (χ3v) is 6.41. The van der Waals surface area contributed by atoms with Crippen LogP contribution in [0.25, 0.3) is 0 Å². The molecule has 0 saturated heterocycles. The molecule has 7 heteroatoms. The van der Waals surface area contributed by atoms with Gasteiger partial charge in [0.2, 0.25) is 0 Å². The highest BCUT2D eigenvalue weighted by Gasteiger charge is 2.23. The number of quaternary nitrogens is 2. The van der Waals surface area contributed by atoms with E-state index in [1.807, 2.05) is 5.32 Å². The predicted molar refractivity (Wildman–Crippen MR) is 143 cm³/mol. The Labute approximate surface area is 210 Å². The van der Waals surface area contributed by atoms with Gasteiger partial charge < -0.3 is 9.59 Å². The standard InChI is InChI=1S/C27H52N2O4P/c1-5-6-7-8-9-10-11-12-13-14-15-16-17-18-19-21-27(31)28-22-20-23-29(2,3)24-26(30)25-33-34(4)32/h10-13,26,30H,5-9,14-25H2,1-4H3/q+1/p+2/b11-10+,13-12-. The number of likely N-dealkylation sites (N-methyl/N-ethyl adjacent to an activating group) is 1. The van der Waals surface area contributed by atoms with Gasteiger partial charge in [0.05, 0.1) is 33.6 Å². The molecule has 0 rings (SSSR count). The van der Waals surface area contributed by atoms with Crippen LogP contribution in [0.4, 0.5) is 0 Å². The maximum Gasteiger partial charge on any atom is 0.504 e. The minimum atomic E-state index is -1.68. The van der Waals surface area contributed by atoms with Gasteiger partial charge in [0.15, 0.2) is 6.66 Å². The van der Waals surface area contributed by atoms with Gasteiger partial charge in [-0.25, -0.2) is 4.79 Å². The first-order valence-electron chi connectivity index (χ1n) is 13.5. The average Bonchev–Trinajstić information content (AvgIpc) is 2.77. The van der Waals surface area contributed by atoms with E-state index in [-0.39, 0.29) is 12.5 Å². The largest absolute Gasteiger partial charge is 0.504 e. The van der Waals surface area contributed by atoms with Crippen molar-refractivity contribution < 1.29 is 28.8 Å². The number of amides is 1. The first-order valence-corrected chi connectivity index (χ1v) is 15.1. The smallest absolute Gasteiger partial charge is 0.385 e. The zero-order valence-corrected chi connectivity index (χ0v) is 23.4. The van der Waals surface area contributed by atoms with Crippen LogP contribution >= 0.6 is 8.03 Å². The number of hydrogen-bond donors (Lipinski definition) is 2. The van der Waals surface area contributed by atoms with E-state index in [9.17, 15) is 14.5 Å². The lowest BCUT2D eigenvalue weighted by molar-refractivity contribution is -0.894. The average molecular weight is 502 g/mol. The van der Waals surface area contributed by atoms with Gasteiger partial charge in [-0.1, -0.05) is 69.8 Å². The molecule has 0 saturated carbocycles. The monoisotopic (exact) mass is 501 g/mol. The van der Waals surface area contributed by atoms with Crippen LogP contribution in [0.5, 0.6) is 0 Å². The van der Waals surface area contributed by atoms with Crippen LogP contribution in [0.3, 0.4) is 0 Å². The summed E-state index contributed by atoms with van der Waals surface area (Å²) < 4.78 is 16.6. The molecule has 198 valence electrons. The highest BCUT2D eigenvalue weighted by molar-refractivity contribution is 7.38. The summed E-state index contributed by atoms with van der Waals surface area (Å²) >= 11 is 0. The zero-order valence-electron chi connectivity index (χ0n) is 22.6. The molecular formula is C27H54N2O4P+3. The van der Waals surface area contributed by atoms with Gasteiger partial charge in [0.1, 0.15) is 19.3 Å². The lowest BCUT2D eigenvalue weighted by Crippen LogP contribution is -2.88. The Hall–Kier alpha value is -0.910. The maximum absolute atomic E-state index is 12.1. The van der Waals surface area contributed by atoms with E-state index >= 15 is 0 Å². The number of carbonyl (C=O) groups excluding carboxylic acids is 1. The van der Waals surface area contributed by atoms with Crippen molar-refractivity contribution in [3.8, 4) is 0 Å². The summed E-state index contributed by atoms with van der Waals surface area (Å²) in [6.45, 7) is 6.05. The van der Waals surface area contributed by atoms with Crippen molar-refractivity contribution in [1.82, 2.24) is 0 Å². The second-order valence-electron chi connectivity index (χ2n) is 10.1. The van der Waals surface area contributed by atoms with Crippen LogP contribution in [0.1, 0.15) is 90.4 Å². The molecule has 0 bridgehead atoms. The maximum atomic E-state index is 12.1. The molecule has 2 unspecified atom stereocenters. The molecule has 0 aromatic heterocycles. The topological polar surface area (TPSA) is 80.2 Å². The molecule has 0 spiro atoms. The first-order chi connectivity index (χ1) is 16.3. The molecule has 3 N–H and O–H groups in total. The predicted octanol–water partition coefficient (Wildman–Crippen LogP) is 5.11. The third-order valence-electron chi connectivity index (χ3n) is 5.89. The van der Waals surface area contributed by atoms with E-state index in [2.05, 4.69) is 45.3 Å². The number of primary amides is 1. The molecule has 2 atom stereocenters. The Morgan fingerprint density at radius 2 is 1.56 bits per heavy atom. The summed E-state index contributed by atoms with van der Waals surface area (Å²) in [5, 5.41) is 11.8. The summed E-state index contributed by atoms with van der Waals surface area (Å²) in [4.78, 5) is 12.1. The number of unbranched alkanes of at least 4 members (excludes halogenated alkanes) is 9. The highest BCUT2D eigenvalue weighted by atomic mass is 31.1. The Morgan fingerprint density at radius 1 is 0.971 bits per heavy atom. The molecule has 0 aromatic rings. The summed E-state index contributed by atoms with van der Waals surface area (Å²) in [6.07, 6.45) is 23.3. The van der Waals surface area contributed by atoms with Crippen molar-refractivity contribution in [3.05, 3.63) is 24.3 Å². The van der Waals surface area contributed by atoms with E-state index in [0.29, 0.717) is 17.4 Å². The molecule has 0 aliphatic carbocycles. The number of allylic oxidation sites excluding steroid dienone is 4. The van der Waals surface area contributed by atoms with Gasteiger partial charge in [0.25, 0.3) is 0 Å². The Bertz CT molecular complexity index is 579. The van der Waals surface area contributed by atoms with Crippen LogP contribution in [0.2, 0.25) is 0 Å². The fraction of sp³-hybridized carbons (Fsp3) is 0.815. The zero-order chi connectivity index (χ0) is 25.5. The summed E-state index contributed by atoms with van der Waals surface area (Å²) in [7, 11) is 2.43. The third kappa shape index (κ3) is 24.2. The van der Waals surface area contributed by atoms with Crippen molar-refractivity contribution in [2.75, 3.05) is 47.0 Å². The fourth-order valence-electron chi connectivity index (χ4n) is 3.92. The molecular weight excluding hydrogens is 447 g/mol. The molecule has 6 nitrogen and oxygen atoms in total. The first kappa shape index (κ1) is 33.1. The molecule has 0 aromatic carbocycles. The van der Waals surface area contributed by atoms with Crippen molar-refractivity contribution in [2.24, 2.45) is 0 Å². The minimum Gasteiger partial charge on any atom is -0.385 e. The second kappa shape index (κ2) is 22.5. The van der Waals surface area contributed by atoms with Crippen LogP contribution in [0, 0.1) is 0 Å². The number of aliphatic hydroxyl groups excluding tert-OH is 1. The number of aliphatic hydroxyl groups is 1. The molecule has 0 aliphatic heterocycles. The van der Waals surface area contributed by atoms with Gasteiger partial charge in [-0.15, -0.1) is 4.52 Å². The quantitative estimate of drug-likeness (QED) is 0.0883. The Balaban J connectivity index is 3.58. The van der Waals surface area contributed by atoms with E-state index in [0.717, 1.165) is 38.8 Å². The van der Waals surface area contributed by atoms with E-state index in [1.54, 1.807) is 0 Å². The van der Waals surface area contributed by atoms with Gasteiger partial charge in [-0.2, -0.15) is 0 Å². The normalized spacial score (nSPS) is 13.7. The highest BCUT2D eigenvalue weighted by Crippen LogP contribution is 2.15. The number of nitrogens with zero attached hydrogens (tertiary/aromatic N) is 1. The molecule has 34 heavy (non-hydrogen) atoms. The van der Waals surface area contributed by atoms with E-state index in [4.69, 9.17) is 4.52 Å². The van der Waals surface area contributed by atoms with E-state index in [1.165, 1.54) is 58.0 Å². The summed E-state index contributed by atoms with van der Waals surface area (Å²) in [5.74, 6) is 0.259. The summed E-state index contributed by atoms with van der Waals surface area (Å²) in [6, 6.07) is 0. The van der Waals surface area contributed by atoms with Crippen LogP contribution in [-0.4, -0.2) is 68.6 Å². The Morgan fingerprint density at radius 3 is 2.18 bits per heavy atom. The molecule has 0 aliphatic rings. The van der Waals surface area contributed by atoms with Crippen molar-refractivity contribution in [3.63, 3.8) is 0 Å². The summed E-state index contributed by atoms with van der Waals surface area (Å²) in [5.41, 5.74) is 0. The molecule has 0 heterocycles. The van der Waals surface area contributed by atoms with Gasteiger partial charge in [-0.05, 0) is 36.7 Å². The van der Waals surface area contributed by atoms with Crippen molar-refractivity contribution >= 4 is 13.9 Å². The van der Waals surface area contributed by atoms with Crippen LogP contribution in [0.15, 0.2) is 24.3 Å². The van der Waals surface area contributed by atoms with Gasteiger partial charge in [-0.3, -0.25) is 5.32 Å². The molecule has 0 radical (unpaired) electrons. The van der Waals surface area contributed by atoms with Crippen LogP contribution in [-0.2, 0) is 13.9 Å². The van der Waals surface area contributed by atoms with Gasteiger partial charge >= 0.3 is 13.9 Å². The second-order valence-corrected chi connectivity index (χ2v) is 11.2. The number of hydrogen-bond acceptors (Lipinski definition) is 4. The lowest BCUT2D eigenvalue weighted by Gasteiger charge is -2.31. The van der Waals surface area contributed by atoms with Gasteiger partial charge in [0, 0.05) is 6.42 Å². The lowest BCUT2D eigenvalue weighted by atomic mass is 10.1. The number of carbonyl (C=O) groups is 1. The van der Waals surface area contributed by atoms with Crippen LogP contribution < -0.4 is 5.32 Å². The van der Waals surface area contributed by atoms with Crippen molar-refractivity contribution in [2.45, 2.75) is 96.5 Å². The van der Waals surface area contributed by atoms with E-state index < -0.39 is 14.1 Å². The molecule has 0 fully saturated rings. The number of rotatable bonds is 23. The SMILES string of the molecule is CCCCCC/C=C/C=C\CCCCCCCC(=O)[NH2+]CCC[N+](C)(C)CC(O)CO[P+](C)=O. The fourth-order valence-corrected chi connectivity index (χ4v) is 4.30.